The van der Waals surface area contributed by atoms with E-state index < -0.39 is 0 Å². The topological polar surface area (TPSA) is 12.0 Å². The van der Waals surface area contributed by atoms with E-state index >= 15 is 0 Å². The summed E-state index contributed by atoms with van der Waals surface area (Å²) in [5, 5.41) is 3.34. The van der Waals surface area contributed by atoms with Crippen molar-refractivity contribution in [3.05, 3.63) is 61.2 Å². The number of nitrogens with one attached hydrogen (secondary N) is 1. The van der Waals surface area contributed by atoms with Crippen molar-refractivity contribution in [2.24, 2.45) is 0 Å². The van der Waals surface area contributed by atoms with E-state index in [4.69, 9.17) is 11.6 Å². The zero-order chi connectivity index (χ0) is 14.0. The van der Waals surface area contributed by atoms with Crippen LogP contribution in [0, 0.1) is 12.7 Å². The van der Waals surface area contributed by atoms with Crippen molar-refractivity contribution in [2.45, 2.75) is 13.5 Å². The molecule has 0 aliphatic carbocycles. The number of anilines is 1. The number of rotatable bonds is 3. The summed E-state index contributed by atoms with van der Waals surface area (Å²) in [7, 11) is 0. The molecular formula is C14H11Br2ClFN. The third-order valence-electron chi connectivity index (χ3n) is 2.67. The molecule has 5 heteroatoms. The lowest BCUT2D eigenvalue weighted by molar-refractivity contribution is 0.613. The number of hydrogen-bond acceptors (Lipinski definition) is 1. The third-order valence-corrected chi connectivity index (χ3v) is 4.22. The fourth-order valence-corrected chi connectivity index (χ4v) is 3.63. The summed E-state index contributed by atoms with van der Waals surface area (Å²) in [4.78, 5) is 0. The van der Waals surface area contributed by atoms with Crippen LogP contribution in [0.1, 0.15) is 11.1 Å². The van der Waals surface area contributed by atoms with Gasteiger partial charge < -0.3 is 5.32 Å². The van der Waals surface area contributed by atoms with E-state index in [-0.39, 0.29) is 10.8 Å². The maximum atomic E-state index is 13.8. The van der Waals surface area contributed by atoms with Crippen molar-refractivity contribution in [3.8, 4) is 0 Å². The van der Waals surface area contributed by atoms with Crippen molar-refractivity contribution < 1.29 is 4.39 Å². The van der Waals surface area contributed by atoms with Gasteiger partial charge in [0.05, 0.1) is 10.7 Å². The monoisotopic (exact) mass is 405 g/mol. The van der Waals surface area contributed by atoms with Crippen LogP contribution in [0.4, 0.5) is 10.1 Å². The first-order valence-electron chi connectivity index (χ1n) is 5.61. The average Bonchev–Trinajstić information content (AvgIpc) is 2.33. The van der Waals surface area contributed by atoms with Crippen LogP contribution in [0.25, 0.3) is 0 Å². The minimum atomic E-state index is -0.379. The molecule has 0 fully saturated rings. The third kappa shape index (κ3) is 3.50. The van der Waals surface area contributed by atoms with Crippen LogP contribution in [-0.2, 0) is 6.54 Å². The molecule has 0 unspecified atom stereocenters. The van der Waals surface area contributed by atoms with Crippen molar-refractivity contribution in [1.29, 1.82) is 0 Å². The highest BCUT2D eigenvalue weighted by Crippen LogP contribution is 2.33. The predicted molar refractivity (Wildman–Crippen MR) is 85.3 cm³/mol. The second kappa shape index (κ2) is 6.25. The highest BCUT2D eigenvalue weighted by Gasteiger charge is 2.09. The Bertz CT molecular complexity index is 593. The smallest absolute Gasteiger partial charge is 0.146 e. The molecule has 0 spiro atoms. The minimum absolute atomic E-state index is 0.140. The minimum Gasteiger partial charge on any atom is -0.379 e. The van der Waals surface area contributed by atoms with Crippen LogP contribution in [0.15, 0.2) is 39.3 Å². The Morgan fingerprint density at radius 2 is 1.84 bits per heavy atom. The van der Waals surface area contributed by atoms with E-state index in [0.29, 0.717) is 12.1 Å². The van der Waals surface area contributed by atoms with Crippen LogP contribution >= 0.6 is 43.5 Å². The molecule has 0 aliphatic heterocycles. The van der Waals surface area contributed by atoms with Gasteiger partial charge in [-0.05, 0) is 62.5 Å². The molecule has 2 rings (SSSR count). The molecule has 2 aromatic carbocycles. The molecule has 0 amide bonds. The van der Waals surface area contributed by atoms with Crippen LogP contribution in [0.5, 0.6) is 0 Å². The summed E-state index contributed by atoms with van der Waals surface area (Å²) in [6.45, 7) is 2.38. The maximum absolute atomic E-state index is 13.8. The summed E-state index contributed by atoms with van der Waals surface area (Å²) < 4.78 is 15.6. The number of benzene rings is 2. The molecule has 1 nitrogen and oxygen atoms in total. The molecule has 0 aromatic heterocycles. The Morgan fingerprint density at radius 3 is 2.47 bits per heavy atom. The van der Waals surface area contributed by atoms with Crippen molar-refractivity contribution in [1.82, 2.24) is 0 Å². The number of hydrogen-bond donors (Lipinski definition) is 1. The van der Waals surface area contributed by atoms with Gasteiger partial charge in [0.1, 0.15) is 5.82 Å². The summed E-state index contributed by atoms with van der Waals surface area (Å²) in [5.41, 5.74) is 2.56. The molecule has 1 N–H and O–H groups in total. The Morgan fingerprint density at radius 1 is 1.21 bits per heavy atom. The molecule has 100 valence electrons. The lowest BCUT2D eigenvalue weighted by Gasteiger charge is -2.12. The molecule has 2 aromatic rings. The number of halogens is 4. The SMILES string of the molecule is Cc1cc(Br)c(NCc2cccc(Cl)c2F)c(Br)c1. The molecule has 0 radical (unpaired) electrons. The molecule has 0 atom stereocenters. The van der Waals surface area contributed by atoms with Crippen LogP contribution in [0.3, 0.4) is 0 Å². The quantitative estimate of drug-likeness (QED) is 0.665. The Kier molecular flexibility index (Phi) is 4.87. The van der Waals surface area contributed by atoms with E-state index in [2.05, 4.69) is 37.2 Å². The molecule has 0 aliphatic rings. The predicted octanol–water partition coefficient (Wildman–Crippen LogP) is 5.92. The second-order valence-electron chi connectivity index (χ2n) is 4.17. The lowest BCUT2D eigenvalue weighted by Crippen LogP contribution is -2.03. The van der Waals surface area contributed by atoms with E-state index in [1.165, 1.54) is 6.07 Å². The fourth-order valence-electron chi connectivity index (χ4n) is 1.74. The van der Waals surface area contributed by atoms with Crippen molar-refractivity contribution in [2.75, 3.05) is 5.32 Å². The van der Waals surface area contributed by atoms with Crippen LogP contribution in [0.2, 0.25) is 5.02 Å². The van der Waals surface area contributed by atoms with Gasteiger partial charge in [0, 0.05) is 21.1 Å². The molecule has 19 heavy (non-hydrogen) atoms. The van der Waals surface area contributed by atoms with Gasteiger partial charge in [-0.3, -0.25) is 0 Å². The van der Waals surface area contributed by atoms with E-state index in [1.54, 1.807) is 12.1 Å². The molecule has 0 bridgehead atoms. The van der Waals surface area contributed by atoms with Gasteiger partial charge in [-0.1, -0.05) is 23.7 Å². The molecule has 0 saturated heterocycles. The van der Waals surface area contributed by atoms with Gasteiger partial charge in [0.15, 0.2) is 0 Å². The number of aryl methyl sites for hydroxylation is 1. The standard InChI is InChI=1S/C14H11Br2ClFN/c1-8-5-10(15)14(11(16)6-8)19-7-9-3-2-4-12(17)13(9)18/h2-6,19H,7H2,1H3. The zero-order valence-electron chi connectivity index (χ0n) is 10.1. The highest BCUT2D eigenvalue weighted by molar-refractivity contribution is 9.11. The van der Waals surface area contributed by atoms with Gasteiger partial charge in [-0.15, -0.1) is 0 Å². The van der Waals surface area contributed by atoms with Gasteiger partial charge in [0.25, 0.3) is 0 Å². The maximum Gasteiger partial charge on any atom is 0.146 e. The summed E-state index contributed by atoms with van der Waals surface area (Å²) in [5.74, 6) is -0.379. The average molecular weight is 408 g/mol. The Labute approximate surface area is 133 Å². The van der Waals surface area contributed by atoms with Gasteiger partial charge >= 0.3 is 0 Å². The Hall–Kier alpha value is -0.580. The van der Waals surface area contributed by atoms with Gasteiger partial charge in [0.2, 0.25) is 0 Å². The zero-order valence-corrected chi connectivity index (χ0v) is 14.0. The fraction of sp³-hybridized carbons (Fsp3) is 0.143. The van der Waals surface area contributed by atoms with E-state index in [1.807, 2.05) is 19.1 Å². The first kappa shape index (κ1) is 14.8. The molecular weight excluding hydrogens is 396 g/mol. The van der Waals surface area contributed by atoms with Gasteiger partial charge in [-0.2, -0.15) is 0 Å². The van der Waals surface area contributed by atoms with E-state index in [9.17, 15) is 4.39 Å². The van der Waals surface area contributed by atoms with Crippen LogP contribution < -0.4 is 5.32 Å². The van der Waals surface area contributed by atoms with Crippen LogP contribution in [-0.4, -0.2) is 0 Å². The van der Waals surface area contributed by atoms with Crippen molar-refractivity contribution >= 4 is 49.1 Å². The van der Waals surface area contributed by atoms with Gasteiger partial charge in [-0.25, -0.2) is 4.39 Å². The first-order chi connectivity index (χ1) is 8.99. The second-order valence-corrected chi connectivity index (χ2v) is 6.29. The summed E-state index contributed by atoms with van der Waals surface area (Å²) in [6, 6.07) is 8.99. The summed E-state index contributed by atoms with van der Waals surface area (Å²) in [6.07, 6.45) is 0. The summed E-state index contributed by atoms with van der Waals surface area (Å²) >= 11 is 12.7. The normalized spacial score (nSPS) is 10.6. The molecule has 0 heterocycles. The largest absolute Gasteiger partial charge is 0.379 e. The highest BCUT2D eigenvalue weighted by atomic mass is 79.9. The lowest BCUT2D eigenvalue weighted by atomic mass is 10.2. The van der Waals surface area contributed by atoms with Crippen molar-refractivity contribution in [3.63, 3.8) is 0 Å². The Balaban J connectivity index is 2.22. The first-order valence-corrected chi connectivity index (χ1v) is 7.58. The van der Waals surface area contributed by atoms with E-state index in [0.717, 1.165) is 20.2 Å². The molecule has 0 saturated carbocycles.